The third kappa shape index (κ3) is 3.60. The molecule has 2 atom stereocenters. The average Bonchev–Trinajstić information content (AvgIpc) is 3.01. The minimum atomic E-state index is -0.0801. The van der Waals surface area contributed by atoms with Crippen molar-refractivity contribution in [2.75, 3.05) is 24.5 Å². The Morgan fingerprint density at radius 2 is 1.74 bits per heavy atom. The number of anilines is 1. The second kappa shape index (κ2) is 7.53. The lowest BCUT2D eigenvalue weighted by molar-refractivity contribution is -0.130. The summed E-state index contributed by atoms with van der Waals surface area (Å²) in [6.07, 6.45) is 2.18. The summed E-state index contributed by atoms with van der Waals surface area (Å²) in [6.45, 7) is 1.22. The molecule has 0 unspecified atom stereocenters. The van der Waals surface area contributed by atoms with Gasteiger partial charge in [0, 0.05) is 37.2 Å². The molecule has 0 aromatic heterocycles. The Hall–Kier alpha value is -2.66. The molecule has 0 aliphatic carbocycles. The van der Waals surface area contributed by atoms with Gasteiger partial charge in [0.2, 0.25) is 11.8 Å². The van der Waals surface area contributed by atoms with Gasteiger partial charge >= 0.3 is 0 Å². The van der Waals surface area contributed by atoms with E-state index in [9.17, 15) is 9.59 Å². The van der Waals surface area contributed by atoms with E-state index < -0.39 is 0 Å². The predicted octanol–water partition coefficient (Wildman–Crippen LogP) is 2.31. The maximum absolute atomic E-state index is 13.0. The lowest BCUT2D eigenvalue weighted by Gasteiger charge is -2.25. The molecule has 27 heavy (non-hydrogen) atoms. The first-order valence-corrected chi connectivity index (χ1v) is 9.60. The lowest BCUT2D eigenvalue weighted by Crippen LogP contribution is -2.42. The van der Waals surface area contributed by atoms with Crippen LogP contribution >= 0.6 is 0 Å². The van der Waals surface area contributed by atoms with Gasteiger partial charge in [-0.2, -0.15) is 0 Å². The van der Waals surface area contributed by atoms with E-state index >= 15 is 0 Å². The van der Waals surface area contributed by atoms with E-state index in [1.165, 1.54) is 0 Å². The first kappa shape index (κ1) is 17.7. The van der Waals surface area contributed by atoms with Crippen molar-refractivity contribution in [1.29, 1.82) is 0 Å². The smallest absolute Gasteiger partial charge is 0.242 e. The number of aryl methyl sites for hydroxylation is 1. The van der Waals surface area contributed by atoms with Gasteiger partial charge < -0.3 is 15.5 Å². The van der Waals surface area contributed by atoms with Crippen LogP contribution < -0.4 is 10.6 Å². The number of para-hydroxylation sites is 1. The third-order valence-electron chi connectivity index (χ3n) is 5.66. The molecule has 0 radical (unpaired) electrons. The van der Waals surface area contributed by atoms with Gasteiger partial charge in [-0.25, -0.2) is 0 Å². The number of hydrogen-bond donors (Lipinski definition) is 1. The molecule has 1 saturated heterocycles. The summed E-state index contributed by atoms with van der Waals surface area (Å²) in [5.41, 5.74) is 9.50. The van der Waals surface area contributed by atoms with Crippen molar-refractivity contribution in [2.24, 2.45) is 5.73 Å². The molecule has 5 heteroatoms. The van der Waals surface area contributed by atoms with E-state index in [2.05, 4.69) is 12.1 Å². The summed E-state index contributed by atoms with van der Waals surface area (Å²) >= 11 is 0. The van der Waals surface area contributed by atoms with Crippen LogP contribution in [-0.4, -0.2) is 42.4 Å². The monoisotopic (exact) mass is 363 g/mol. The van der Waals surface area contributed by atoms with Gasteiger partial charge in [-0.05, 0) is 30.0 Å². The lowest BCUT2D eigenvalue weighted by atomic mass is 9.95. The number of benzene rings is 2. The minimum absolute atomic E-state index is 0.0244. The molecule has 2 aliphatic rings. The van der Waals surface area contributed by atoms with Gasteiger partial charge in [0.25, 0.3) is 0 Å². The molecule has 140 valence electrons. The second-order valence-electron chi connectivity index (χ2n) is 7.44. The van der Waals surface area contributed by atoms with Gasteiger partial charge in [0.05, 0.1) is 0 Å². The third-order valence-corrected chi connectivity index (χ3v) is 5.66. The Morgan fingerprint density at radius 3 is 2.56 bits per heavy atom. The molecule has 4 rings (SSSR count). The first-order valence-electron chi connectivity index (χ1n) is 9.60. The molecule has 2 amide bonds. The van der Waals surface area contributed by atoms with Crippen LogP contribution in [0.5, 0.6) is 0 Å². The number of carbonyl (C=O) groups excluding carboxylic acids is 2. The highest BCUT2D eigenvalue weighted by Crippen LogP contribution is 2.29. The van der Waals surface area contributed by atoms with Crippen LogP contribution in [0.25, 0.3) is 0 Å². The van der Waals surface area contributed by atoms with Crippen molar-refractivity contribution >= 4 is 17.5 Å². The summed E-state index contributed by atoms with van der Waals surface area (Å²) in [5.74, 6) is 0.132. The fraction of sp³-hybridized carbons (Fsp3) is 0.364. The highest BCUT2D eigenvalue weighted by Gasteiger charge is 2.35. The maximum Gasteiger partial charge on any atom is 0.242 e. The second-order valence-corrected chi connectivity index (χ2v) is 7.44. The molecular formula is C22H25N3O2. The molecular weight excluding hydrogens is 338 g/mol. The van der Waals surface area contributed by atoms with Crippen molar-refractivity contribution in [3.05, 3.63) is 65.7 Å². The van der Waals surface area contributed by atoms with Crippen LogP contribution in [0.2, 0.25) is 0 Å². The largest absolute Gasteiger partial charge is 0.339 e. The molecule has 5 nitrogen and oxygen atoms in total. The Morgan fingerprint density at radius 1 is 1.00 bits per heavy atom. The molecule has 2 aromatic rings. The van der Waals surface area contributed by atoms with Gasteiger partial charge in [-0.1, -0.05) is 48.5 Å². The quantitative estimate of drug-likeness (QED) is 0.910. The molecule has 0 bridgehead atoms. The van der Waals surface area contributed by atoms with Crippen LogP contribution in [0.1, 0.15) is 29.9 Å². The van der Waals surface area contributed by atoms with Crippen LogP contribution in [0.3, 0.4) is 0 Å². The number of rotatable bonds is 3. The van der Waals surface area contributed by atoms with Gasteiger partial charge in [-0.3, -0.25) is 9.59 Å². The number of fused-ring (bicyclic) bond motifs is 1. The Kier molecular flexibility index (Phi) is 4.94. The zero-order valence-corrected chi connectivity index (χ0v) is 15.4. The van der Waals surface area contributed by atoms with E-state index in [1.54, 1.807) is 4.90 Å². The normalized spacial score (nSPS) is 22.5. The van der Waals surface area contributed by atoms with Crippen LogP contribution in [-0.2, 0) is 16.0 Å². The average molecular weight is 363 g/mol. The standard InChI is InChI=1S/C22H25N3O2/c23-19-14-24(13-18(19)16-7-2-1-3-8-16)22(27)15-25-20-11-5-4-9-17(20)10-6-12-21(25)26/h1-5,7-9,11,18-19H,6,10,12-15,23H2/t18-,19+/m0/s1. The molecule has 1 fully saturated rings. The summed E-state index contributed by atoms with van der Waals surface area (Å²) in [4.78, 5) is 29.1. The van der Waals surface area contributed by atoms with E-state index in [4.69, 9.17) is 5.73 Å². The molecule has 2 N–H and O–H groups in total. The van der Waals surface area contributed by atoms with Gasteiger partial charge in [0.1, 0.15) is 6.54 Å². The molecule has 0 spiro atoms. The molecule has 2 aliphatic heterocycles. The summed E-state index contributed by atoms with van der Waals surface area (Å²) in [5, 5.41) is 0. The van der Waals surface area contributed by atoms with Crippen molar-refractivity contribution in [2.45, 2.75) is 31.2 Å². The van der Waals surface area contributed by atoms with E-state index in [0.29, 0.717) is 19.5 Å². The zero-order chi connectivity index (χ0) is 18.8. The molecule has 2 heterocycles. The van der Waals surface area contributed by atoms with E-state index in [-0.39, 0.29) is 30.3 Å². The first-order chi connectivity index (χ1) is 13.1. The Labute approximate surface area is 159 Å². The van der Waals surface area contributed by atoms with Gasteiger partial charge in [0.15, 0.2) is 0 Å². The Balaban J connectivity index is 1.50. The SMILES string of the molecule is N[C@@H]1CN(C(=O)CN2C(=O)CCCc3ccccc32)C[C@H]1c1ccccc1. The number of likely N-dealkylation sites (tertiary alicyclic amines) is 1. The van der Waals surface area contributed by atoms with Crippen LogP contribution in [0.4, 0.5) is 5.69 Å². The molecule has 0 saturated carbocycles. The van der Waals surface area contributed by atoms with Gasteiger partial charge in [-0.15, -0.1) is 0 Å². The fourth-order valence-electron chi connectivity index (χ4n) is 4.18. The van der Waals surface area contributed by atoms with E-state index in [1.807, 2.05) is 47.4 Å². The number of nitrogens with zero attached hydrogens (tertiary/aromatic N) is 2. The fourth-order valence-corrected chi connectivity index (χ4v) is 4.18. The van der Waals surface area contributed by atoms with Crippen molar-refractivity contribution < 1.29 is 9.59 Å². The number of amides is 2. The van der Waals surface area contributed by atoms with Crippen molar-refractivity contribution in [3.63, 3.8) is 0 Å². The zero-order valence-electron chi connectivity index (χ0n) is 15.4. The number of hydrogen-bond acceptors (Lipinski definition) is 3. The minimum Gasteiger partial charge on any atom is -0.339 e. The van der Waals surface area contributed by atoms with Crippen molar-refractivity contribution in [3.8, 4) is 0 Å². The van der Waals surface area contributed by atoms with E-state index in [0.717, 1.165) is 29.7 Å². The summed E-state index contributed by atoms with van der Waals surface area (Å²) in [6, 6.07) is 17.9. The Bertz CT molecular complexity index is 836. The maximum atomic E-state index is 13.0. The van der Waals surface area contributed by atoms with Crippen LogP contribution in [0, 0.1) is 0 Å². The number of carbonyl (C=O) groups is 2. The summed E-state index contributed by atoms with van der Waals surface area (Å²) in [7, 11) is 0. The number of nitrogens with two attached hydrogens (primary N) is 1. The predicted molar refractivity (Wildman–Crippen MR) is 105 cm³/mol. The summed E-state index contributed by atoms with van der Waals surface area (Å²) < 4.78 is 0. The highest BCUT2D eigenvalue weighted by atomic mass is 16.2. The topological polar surface area (TPSA) is 66.6 Å². The molecule has 2 aromatic carbocycles. The van der Waals surface area contributed by atoms with Crippen LogP contribution in [0.15, 0.2) is 54.6 Å². The van der Waals surface area contributed by atoms with Crippen molar-refractivity contribution in [1.82, 2.24) is 4.90 Å². The highest BCUT2D eigenvalue weighted by molar-refractivity contribution is 6.00.